The molecule has 2 aromatic rings. The van der Waals surface area contributed by atoms with Crippen molar-refractivity contribution < 1.29 is 0 Å². The van der Waals surface area contributed by atoms with E-state index in [1.54, 1.807) is 13.1 Å². The Morgan fingerprint density at radius 2 is 2.04 bits per heavy atom. The lowest BCUT2D eigenvalue weighted by Crippen LogP contribution is -2.38. The van der Waals surface area contributed by atoms with Crippen LogP contribution in [0.4, 0.5) is 0 Å². The highest BCUT2D eigenvalue weighted by Gasteiger charge is 2.12. The number of rotatable bonds is 6. The van der Waals surface area contributed by atoms with Gasteiger partial charge in [-0.2, -0.15) is 0 Å². The largest absolute Gasteiger partial charge is 0.350 e. The van der Waals surface area contributed by atoms with Crippen molar-refractivity contribution in [3.05, 3.63) is 52.0 Å². The van der Waals surface area contributed by atoms with Gasteiger partial charge in [0.05, 0.1) is 12.6 Å². The third kappa shape index (κ3) is 5.65. The van der Waals surface area contributed by atoms with E-state index in [2.05, 4.69) is 39.0 Å². The van der Waals surface area contributed by atoms with Crippen LogP contribution in [0.25, 0.3) is 0 Å². The predicted molar refractivity (Wildman–Crippen MR) is 105 cm³/mol. The van der Waals surface area contributed by atoms with Crippen LogP contribution in [0.1, 0.15) is 38.2 Å². The Hall–Kier alpha value is -1.72. The van der Waals surface area contributed by atoms with Crippen LogP contribution >= 0.6 is 23.2 Å². The molecule has 0 bridgehead atoms. The molecule has 25 heavy (non-hydrogen) atoms. The molecular weight excluding hydrogens is 357 g/mol. The molecule has 136 valence electrons. The number of imidazole rings is 1. The van der Waals surface area contributed by atoms with Crippen molar-refractivity contribution in [3.8, 4) is 0 Å². The second kappa shape index (κ2) is 9.11. The summed E-state index contributed by atoms with van der Waals surface area (Å²) in [6.07, 6.45) is 3.83. The molecule has 1 atom stereocenters. The smallest absolute Gasteiger partial charge is 0.191 e. The second-order valence-corrected chi connectivity index (χ2v) is 7.19. The summed E-state index contributed by atoms with van der Waals surface area (Å²) in [7, 11) is 1.74. The van der Waals surface area contributed by atoms with Crippen LogP contribution in [0.2, 0.25) is 10.0 Å². The molecule has 0 aliphatic heterocycles. The molecule has 0 aliphatic rings. The Labute approximate surface area is 159 Å². The molecule has 1 aromatic heterocycles. The molecule has 0 fully saturated rings. The number of aromatic nitrogens is 2. The Morgan fingerprint density at radius 1 is 1.28 bits per heavy atom. The summed E-state index contributed by atoms with van der Waals surface area (Å²) in [4.78, 5) is 8.70. The number of hydrogen-bond donors (Lipinski definition) is 2. The normalized spacial score (nSPS) is 13.2. The van der Waals surface area contributed by atoms with Gasteiger partial charge in [0, 0.05) is 36.0 Å². The first-order chi connectivity index (χ1) is 11.9. The van der Waals surface area contributed by atoms with Crippen molar-refractivity contribution in [2.24, 2.45) is 10.9 Å². The predicted octanol–water partition coefficient (Wildman–Crippen LogP) is 4.27. The van der Waals surface area contributed by atoms with Crippen LogP contribution in [-0.2, 0) is 13.1 Å². The van der Waals surface area contributed by atoms with Crippen LogP contribution in [0, 0.1) is 5.92 Å². The molecule has 1 unspecified atom stereocenters. The number of aliphatic imine (C=N–C) groups is 1. The lowest BCUT2D eigenvalue weighted by Gasteiger charge is -2.19. The fourth-order valence-corrected chi connectivity index (χ4v) is 3.13. The molecule has 0 spiro atoms. The highest BCUT2D eigenvalue weighted by Crippen LogP contribution is 2.25. The van der Waals surface area contributed by atoms with E-state index in [4.69, 9.17) is 23.2 Å². The topological polar surface area (TPSA) is 54.2 Å². The third-order valence-electron chi connectivity index (χ3n) is 3.78. The average Bonchev–Trinajstić information content (AvgIpc) is 2.97. The van der Waals surface area contributed by atoms with Crippen molar-refractivity contribution in [3.63, 3.8) is 0 Å². The van der Waals surface area contributed by atoms with E-state index in [0.29, 0.717) is 28.5 Å². The third-order valence-corrected chi connectivity index (χ3v) is 4.35. The maximum Gasteiger partial charge on any atom is 0.191 e. The zero-order valence-corrected chi connectivity index (χ0v) is 16.6. The molecule has 2 N–H and O–H groups in total. The zero-order chi connectivity index (χ0) is 18.4. The molecule has 1 aromatic carbocycles. The molecule has 0 radical (unpaired) electrons. The molecule has 1 heterocycles. The molecular formula is C18H25Cl2N5. The summed E-state index contributed by atoms with van der Waals surface area (Å²) < 4.78 is 2.16. The quantitative estimate of drug-likeness (QED) is 0.580. The monoisotopic (exact) mass is 381 g/mol. The van der Waals surface area contributed by atoms with Gasteiger partial charge in [0.2, 0.25) is 0 Å². The zero-order valence-electron chi connectivity index (χ0n) is 15.1. The van der Waals surface area contributed by atoms with Gasteiger partial charge in [0.1, 0.15) is 5.82 Å². The molecule has 0 saturated carbocycles. The van der Waals surface area contributed by atoms with Crippen LogP contribution in [0.15, 0.2) is 35.6 Å². The van der Waals surface area contributed by atoms with Crippen molar-refractivity contribution in [1.29, 1.82) is 0 Å². The molecule has 0 amide bonds. The maximum atomic E-state index is 6.28. The fourth-order valence-electron chi connectivity index (χ4n) is 2.56. The molecule has 5 nitrogen and oxygen atoms in total. The van der Waals surface area contributed by atoms with E-state index in [1.807, 2.05) is 31.5 Å². The summed E-state index contributed by atoms with van der Waals surface area (Å²) in [6, 6.07) is 5.49. The number of nitrogens with zero attached hydrogens (tertiary/aromatic N) is 3. The van der Waals surface area contributed by atoms with Gasteiger partial charge in [-0.25, -0.2) is 4.98 Å². The summed E-state index contributed by atoms with van der Waals surface area (Å²) in [5.74, 6) is 2.24. The van der Waals surface area contributed by atoms with Crippen LogP contribution in [0.3, 0.4) is 0 Å². The number of halogens is 2. The Bertz CT molecular complexity index is 724. The first kappa shape index (κ1) is 19.6. The standard InChI is InChI=1S/C18H25Cl2N5/c1-12(2)11-25-8-7-22-17(25)10-23-18(21-4)24-13(3)15-6-5-14(19)9-16(15)20/h5-9,12-13H,10-11H2,1-4H3,(H2,21,23,24). The van der Waals surface area contributed by atoms with Crippen molar-refractivity contribution in [2.75, 3.05) is 7.05 Å². The van der Waals surface area contributed by atoms with Gasteiger partial charge in [0.25, 0.3) is 0 Å². The van der Waals surface area contributed by atoms with Crippen molar-refractivity contribution >= 4 is 29.2 Å². The van der Waals surface area contributed by atoms with Gasteiger partial charge in [-0.05, 0) is 30.5 Å². The number of nitrogens with one attached hydrogen (secondary N) is 2. The minimum Gasteiger partial charge on any atom is -0.350 e. The first-order valence-corrected chi connectivity index (χ1v) is 9.08. The van der Waals surface area contributed by atoms with Crippen LogP contribution < -0.4 is 10.6 Å². The van der Waals surface area contributed by atoms with E-state index >= 15 is 0 Å². The van der Waals surface area contributed by atoms with E-state index in [9.17, 15) is 0 Å². The van der Waals surface area contributed by atoms with Gasteiger partial charge in [0.15, 0.2) is 5.96 Å². The van der Waals surface area contributed by atoms with Gasteiger partial charge >= 0.3 is 0 Å². The van der Waals surface area contributed by atoms with E-state index in [-0.39, 0.29) is 6.04 Å². The SMILES string of the molecule is CN=C(NCc1nccn1CC(C)C)NC(C)c1ccc(Cl)cc1Cl. The molecule has 0 aliphatic carbocycles. The van der Waals surface area contributed by atoms with Crippen molar-refractivity contribution in [1.82, 2.24) is 20.2 Å². The van der Waals surface area contributed by atoms with Crippen LogP contribution in [-0.4, -0.2) is 22.6 Å². The highest BCUT2D eigenvalue weighted by molar-refractivity contribution is 6.35. The Morgan fingerprint density at radius 3 is 2.68 bits per heavy atom. The average molecular weight is 382 g/mol. The lowest BCUT2D eigenvalue weighted by atomic mass is 10.1. The van der Waals surface area contributed by atoms with Gasteiger partial charge < -0.3 is 15.2 Å². The Kier molecular flexibility index (Phi) is 7.14. The number of hydrogen-bond acceptors (Lipinski definition) is 2. The minimum absolute atomic E-state index is 0.00799. The lowest BCUT2D eigenvalue weighted by molar-refractivity contribution is 0.503. The summed E-state index contributed by atoms with van der Waals surface area (Å²) in [6.45, 7) is 7.95. The van der Waals surface area contributed by atoms with Gasteiger partial charge in [-0.1, -0.05) is 43.1 Å². The first-order valence-electron chi connectivity index (χ1n) is 8.32. The van der Waals surface area contributed by atoms with Crippen LogP contribution in [0.5, 0.6) is 0 Å². The highest BCUT2D eigenvalue weighted by atomic mass is 35.5. The number of benzene rings is 1. The minimum atomic E-state index is -0.00799. The fraction of sp³-hybridized carbons (Fsp3) is 0.444. The molecule has 7 heteroatoms. The number of guanidine groups is 1. The summed E-state index contributed by atoms with van der Waals surface area (Å²) in [5, 5.41) is 7.90. The van der Waals surface area contributed by atoms with Gasteiger partial charge in [-0.3, -0.25) is 4.99 Å². The maximum absolute atomic E-state index is 6.28. The van der Waals surface area contributed by atoms with E-state index < -0.39 is 0 Å². The van der Waals surface area contributed by atoms with E-state index in [1.165, 1.54) is 0 Å². The summed E-state index contributed by atoms with van der Waals surface area (Å²) in [5.41, 5.74) is 0.968. The second-order valence-electron chi connectivity index (χ2n) is 6.35. The van der Waals surface area contributed by atoms with Gasteiger partial charge in [-0.15, -0.1) is 0 Å². The van der Waals surface area contributed by atoms with E-state index in [0.717, 1.165) is 17.9 Å². The summed E-state index contributed by atoms with van der Waals surface area (Å²) >= 11 is 12.2. The van der Waals surface area contributed by atoms with Crippen molar-refractivity contribution in [2.45, 2.75) is 39.9 Å². The molecule has 0 saturated heterocycles. The molecule has 2 rings (SSSR count). The Balaban J connectivity index is 1.98.